The average Bonchev–Trinajstić information content (AvgIpc) is 2.44. The van der Waals surface area contributed by atoms with E-state index in [4.69, 9.17) is 18.9 Å². The molecule has 5 heteroatoms. The van der Waals surface area contributed by atoms with E-state index in [9.17, 15) is 0 Å². The Bertz CT molecular complexity index is 370. The van der Waals surface area contributed by atoms with E-state index in [2.05, 4.69) is 5.32 Å². The minimum absolute atomic E-state index is 0.0264. The molecule has 0 amide bonds. The summed E-state index contributed by atoms with van der Waals surface area (Å²) in [5, 5.41) is 3.26. The molecule has 0 aliphatic carbocycles. The van der Waals surface area contributed by atoms with E-state index in [0.29, 0.717) is 18.9 Å². The van der Waals surface area contributed by atoms with Crippen LogP contribution in [0.2, 0.25) is 0 Å². The lowest BCUT2D eigenvalue weighted by Gasteiger charge is -2.18. The van der Waals surface area contributed by atoms with Crippen molar-refractivity contribution in [2.75, 3.05) is 27.9 Å². The summed E-state index contributed by atoms with van der Waals surface area (Å²) in [5.41, 5.74) is 0.942. The molecule has 1 atom stereocenters. The van der Waals surface area contributed by atoms with E-state index in [-0.39, 0.29) is 6.23 Å². The van der Waals surface area contributed by atoms with Gasteiger partial charge in [-0.15, -0.1) is 0 Å². The lowest BCUT2D eigenvalue weighted by atomic mass is 10.1. The molecular formula is C14H23NO4. The molecule has 0 spiro atoms. The van der Waals surface area contributed by atoms with Crippen LogP contribution in [0, 0.1) is 0 Å². The molecule has 1 unspecified atom stereocenters. The molecular weight excluding hydrogens is 246 g/mol. The molecule has 0 saturated heterocycles. The normalized spacial score (nSPS) is 12.1. The Hall–Kier alpha value is -1.46. The number of hydrogen-bond acceptors (Lipinski definition) is 5. The Morgan fingerprint density at radius 1 is 1.05 bits per heavy atom. The summed E-state index contributed by atoms with van der Waals surface area (Å²) in [6, 6.07) is 3.68. The van der Waals surface area contributed by atoms with Gasteiger partial charge in [-0.3, -0.25) is 5.32 Å². The van der Waals surface area contributed by atoms with Crippen molar-refractivity contribution >= 4 is 0 Å². The first-order valence-electron chi connectivity index (χ1n) is 6.30. The number of ether oxygens (including phenoxy) is 4. The lowest BCUT2D eigenvalue weighted by molar-refractivity contribution is 0.0503. The monoisotopic (exact) mass is 269 g/mol. The summed E-state index contributed by atoms with van der Waals surface area (Å²) in [6.45, 7) is 5.20. The molecule has 0 saturated carbocycles. The van der Waals surface area contributed by atoms with Crippen molar-refractivity contribution in [3.8, 4) is 17.2 Å². The van der Waals surface area contributed by atoms with E-state index < -0.39 is 0 Å². The summed E-state index contributed by atoms with van der Waals surface area (Å²) >= 11 is 0. The van der Waals surface area contributed by atoms with Gasteiger partial charge in [0, 0.05) is 25.3 Å². The van der Waals surface area contributed by atoms with Crippen LogP contribution in [0.3, 0.4) is 0 Å². The Kier molecular flexibility index (Phi) is 6.45. The molecule has 1 aromatic rings. The van der Waals surface area contributed by atoms with Gasteiger partial charge < -0.3 is 18.9 Å². The molecule has 0 radical (unpaired) electrons. The van der Waals surface area contributed by atoms with Crippen LogP contribution in [0.5, 0.6) is 17.2 Å². The highest BCUT2D eigenvalue weighted by Crippen LogP contribution is 2.33. The first-order valence-corrected chi connectivity index (χ1v) is 6.30. The fourth-order valence-corrected chi connectivity index (χ4v) is 1.81. The number of methoxy groups -OCH3 is 3. The molecule has 19 heavy (non-hydrogen) atoms. The topological polar surface area (TPSA) is 49.0 Å². The second-order valence-electron chi connectivity index (χ2n) is 3.99. The van der Waals surface area contributed by atoms with Crippen LogP contribution < -0.4 is 19.5 Å². The van der Waals surface area contributed by atoms with Gasteiger partial charge in [-0.2, -0.15) is 0 Å². The van der Waals surface area contributed by atoms with Gasteiger partial charge in [-0.05, 0) is 13.8 Å². The van der Waals surface area contributed by atoms with Gasteiger partial charge in [0.2, 0.25) is 0 Å². The minimum Gasteiger partial charge on any atom is -0.496 e. The first kappa shape index (κ1) is 15.6. The number of rotatable bonds is 8. The van der Waals surface area contributed by atoms with Crippen molar-refractivity contribution in [3.63, 3.8) is 0 Å². The third-order valence-electron chi connectivity index (χ3n) is 2.80. The first-order chi connectivity index (χ1) is 9.15. The van der Waals surface area contributed by atoms with Crippen LogP contribution in [0.4, 0.5) is 0 Å². The minimum atomic E-state index is -0.0264. The summed E-state index contributed by atoms with van der Waals surface area (Å²) in [6.07, 6.45) is -0.0264. The van der Waals surface area contributed by atoms with Crippen LogP contribution in [0.15, 0.2) is 12.1 Å². The van der Waals surface area contributed by atoms with Gasteiger partial charge in [0.05, 0.1) is 26.9 Å². The van der Waals surface area contributed by atoms with Gasteiger partial charge in [0.15, 0.2) is 0 Å². The SMILES string of the molecule is CCOC(C)NCc1c(OC)cc(OC)cc1OC. The summed E-state index contributed by atoms with van der Waals surface area (Å²) in [5.74, 6) is 2.16. The highest BCUT2D eigenvalue weighted by atomic mass is 16.5. The van der Waals surface area contributed by atoms with E-state index >= 15 is 0 Å². The average molecular weight is 269 g/mol. The summed E-state index contributed by atoms with van der Waals surface area (Å²) in [4.78, 5) is 0. The van der Waals surface area contributed by atoms with Gasteiger partial charge in [0.25, 0.3) is 0 Å². The predicted octanol–water partition coefficient (Wildman–Crippen LogP) is 2.18. The quantitative estimate of drug-likeness (QED) is 0.733. The van der Waals surface area contributed by atoms with Gasteiger partial charge in [-0.25, -0.2) is 0 Å². The summed E-state index contributed by atoms with van der Waals surface area (Å²) in [7, 11) is 4.87. The van der Waals surface area contributed by atoms with Gasteiger partial charge >= 0.3 is 0 Å². The highest BCUT2D eigenvalue weighted by Gasteiger charge is 2.13. The number of hydrogen-bond donors (Lipinski definition) is 1. The zero-order valence-corrected chi connectivity index (χ0v) is 12.3. The molecule has 1 N–H and O–H groups in total. The van der Waals surface area contributed by atoms with Crippen LogP contribution in [0.1, 0.15) is 19.4 Å². The third-order valence-corrected chi connectivity index (χ3v) is 2.80. The van der Waals surface area contributed by atoms with Crippen molar-refractivity contribution in [1.29, 1.82) is 0 Å². The number of benzene rings is 1. The fourth-order valence-electron chi connectivity index (χ4n) is 1.81. The van der Waals surface area contributed by atoms with Crippen molar-refractivity contribution in [2.45, 2.75) is 26.6 Å². The van der Waals surface area contributed by atoms with Crippen molar-refractivity contribution in [3.05, 3.63) is 17.7 Å². The second kappa shape index (κ2) is 7.86. The maximum Gasteiger partial charge on any atom is 0.130 e. The van der Waals surface area contributed by atoms with E-state index in [1.807, 2.05) is 26.0 Å². The van der Waals surface area contributed by atoms with E-state index in [1.54, 1.807) is 21.3 Å². The number of nitrogens with one attached hydrogen (secondary N) is 1. The molecule has 0 heterocycles. The Balaban J connectivity index is 2.90. The zero-order chi connectivity index (χ0) is 14.3. The lowest BCUT2D eigenvalue weighted by Crippen LogP contribution is -2.28. The van der Waals surface area contributed by atoms with Crippen molar-refractivity contribution in [2.24, 2.45) is 0 Å². The van der Waals surface area contributed by atoms with Crippen LogP contribution in [-0.4, -0.2) is 34.2 Å². The molecule has 0 aliphatic heterocycles. The Labute approximate surface area is 114 Å². The molecule has 0 aromatic heterocycles. The van der Waals surface area contributed by atoms with Crippen molar-refractivity contribution < 1.29 is 18.9 Å². The van der Waals surface area contributed by atoms with Crippen LogP contribution in [-0.2, 0) is 11.3 Å². The molecule has 0 bridgehead atoms. The highest BCUT2D eigenvalue weighted by molar-refractivity contribution is 5.50. The Morgan fingerprint density at radius 2 is 1.63 bits per heavy atom. The van der Waals surface area contributed by atoms with E-state index in [1.165, 1.54) is 0 Å². The van der Waals surface area contributed by atoms with E-state index in [0.717, 1.165) is 17.1 Å². The summed E-state index contributed by atoms with van der Waals surface area (Å²) < 4.78 is 21.4. The fraction of sp³-hybridized carbons (Fsp3) is 0.571. The van der Waals surface area contributed by atoms with Crippen LogP contribution >= 0.6 is 0 Å². The third kappa shape index (κ3) is 4.29. The molecule has 0 aliphatic rings. The van der Waals surface area contributed by atoms with Gasteiger partial charge in [-0.1, -0.05) is 0 Å². The predicted molar refractivity (Wildman–Crippen MR) is 74.0 cm³/mol. The molecule has 1 rings (SSSR count). The standard InChI is InChI=1S/C14H23NO4/c1-6-19-10(2)15-9-12-13(17-4)7-11(16-3)8-14(12)18-5/h7-8,10,15H,6,9H2,1-5H3. The molecule has 108 valence electrons. The van der Waals surface area contributed by atoms with Crippen molar-refractivity contribution in [1.82, 2.24) is 5.32 Å². The molecule has 5 nitrogen and oxygen atoms in total. The molecule has 1 aromatic carbocycles. The van der Waals surface area contributed by atoms with Gasteiger partial charge in [0.1, 0.15) is 23.5 Å². The maximum absolute atomic E-state index is 5.44. The zero-order valence-electron chi connectivity index (χ0n) is 12.3. The largest absolute Gasteiger partial charge is 0.496 e. The smallest absolute Gasteiger partial charge is 0.130 e. The molecule has 0 fully saturated rings. The second-order valence-corrected chi connectivity index (χ2v) is 3.99. The Morgan fingerprint density at radius 3 is 2.05 bits per heavy atom. The maximum atomic E-state index is 5.44. The van der Waals surface area contributed by atoms with Crippen LogP contribution in [0.25, 0.3) is 0 Å².